The maximum Gasteiger partial charge on any atom is 0.365 e. The summed E-state index contributed by atoms with van der Waals surface area (Å²) in [5.41, 5.74) is 0.108. The van der Waals surface area contributed by atoms with Gasteiger partial charge in [-0.05, 0) is 12.8 Å². The minimum Gasteiger partial charge on any atom is -0.464 e. The minimum atomic E-state index is -0.761. The van der Waals surface area contributed by atoms with Crippen molar-refractivity contribution in [2.75, 3.05) is 7.11 Å². The average molecular weight is 211 g/mol. The SMILES string of the molecule is COC(=O)c1nn2c(c1[N+](=O)[O-])CCC2. The minimum absolute atomic E-state index is 0.197. The molecule has 0 saturated heterocycles. The van der Waals surface area contributed by atoms with Gasteiger partial charge >= 0.3 is 11.7 Å². The summed E-state index contributed by atoms with van der Waals surface area (Å²) < 4.78 is 5.95. The van der Waals surface area contributed by atoms with Crippen molar-refractivity contribution < 1.29 is 14.5 Å². The molecule has 0 radical (unpaired) electrons. The standard InChI is InChI=1S/C8H9N3O4/c1-15-8(12)6-7(11(13)14)5-3-2-4-10(5)9-6/h2-4H2,1H3. The molecule has 0 N–H and O–H groups in total. The molecule has 2 rings (SSSR count). The number of ether oxygens (including phenoxy) is 1. The lowest BCUT2D eigenvalue weighted by atomic mass is 10.2. The van der Waals surface area contributed by atoms with Crippen molar-refractivity contribution in [3.63, 3.8) is 0 Å². The van der Waals surface area contributed by atoms with Gasteiger partial charge in [0.2, 0.25) is 5.69 Å². The zero-order valence-electron chi connectivity index (χ0n) is 8.10. The molecule has 0 bridgehead atoms. The van der Waals surface area contributed by atoms with Gasteiger partial charge in [0.1, 0.15) is 5.69 Å². The van der Waals surface area contributed by atoms with E-state index in [-0.39, 0.29) is 11.4 Å². The Hall–Kier alpha value is -1.92. The van der Waals surface area contributed by atoms with Gasteiger partial charge in [-0.25, -0.2) is 4.79 Å². The first-order valence-corrected chi connectivity index (χ1v) is 4.47. The maximum atomic E-state index is 11.2. The molecule has 7 nitrogen and oxygen atoms in total. The zero-order valence-corrected chi connectivity index (χ0v) is 8.10. The molecule has 1 aromatic rings. The van der Waals surface area contributed by atoms with Crippen LogP contribution in [0.3, 0.4) is 0 Å². The van der Waals surface area contributed by atoms with Crippen LogP contribution in [-0.4, -0.2) is 27.8 Å². The molecule has 0 saturated carbocycles. The third-order valence-corrected chi connectivity index (χ3v) is 2.37. The Kier molecular flexibility index (Phi) is 2.14. The first kappa shape index (κ1) is 9.63. The fourth-order valence-corrected chi connectivity index (χ4v) is 1.74. The molecule has 7 heteroatoms. The van der Waals surface area contributed by atoms with Crippen LogP contribution in [0.1, 0.15) is 22.6 Å². The van der Waals surface area contributed by atoms with Crippen molar-refractivity contribution in [2.24, 2.45) is 0 Å². The number of rotatable bonds is 2. The van der Waals surface area contributed by atoms with Crippen molar-refractivity contribution in [3.05, 3.63) is 21.5 Å². The molecule has 0 atom stereocenters. The number of hydrogen-bond acceptors (Lipinski definition) is 5. The summed E-state index contributed by atoms with van der Waals surface area (Å²) in [6, 6.07) is 0. The van der Waals surface area contributed by atoms with Gasteiger partial charge in [0.05, 0.1) is 12.0 Å². The fourth-order valence-electron chi connectivity index (χ4n) is 1.74. The lowest BCUT2D eigenvalue weighted by molar-refractivity contribution is -0.385. The second kappa shape index (κ2) is 3.34. The van der Waals surface area contributed by atoms with Crippen molar-refractivity contribution in [3.8, 4) is 0 Å². The molecule has 1 aliphatic heterocycles. The molecule has 0 spiro atoms. The van der Waals surface area contributed by atoms with Crippen LogP contribution in [0, 0.1) is 10.1 Å². The zero-order chi connectivity index (χ0) is 11.0. The van der Waals surface area contributed by atoms with E-state index >= 15 is 0 Å². The second-order valence-electron chi connectivity index (χ2n) is 3.22. The second-order valence-corrected chi connectivity index (χ2v) is 3.22. The summed E-state index contributed by atoms with van der Waals surface area (Å²) in [6.07, 6.45) is 1.41. The Labute approximate surface area is 84.8 Å². The van der Waals surface area contributed by atoms with Gasteiger partial charge in [-0.15, -0.1) is 0 Å². The highest BCUT2D eigenvalue weighted by Crippen LogP contribution is 2.29. The largest absolute Gasteiger partial charge is 0.464 e. The molecule has 1 aliphatic rings. The van der Waals surface area contributed by atoms with E-state index < -0.39 is 10.9 Å². The van der Waals surface area contributed by atoms with Crippen molar-refractivity contribution >= 4 is 11.7 Å². The van der Waals surface area contributed by atoms with Crippen LogP contribution in [0.4, 0.5) is 5.69 Å². The molecule has 0 aromatic carbocycles. The van der Waals surface area contributed by atoms with E-state index in [0.717, 1.165) is 6.42 Å². The van der Waals surface area contributed by atoms with E-state index in [1.54, 1.807) is 0 Å². The summed E-state index contributed by atoms with van der Waals surface area (Å²) >= 11 is 0. The summed E-state index contributed by atoms with van der Waals surface area (Å²) in [4.78, 5) is 21.5. The van der Waals surface area contributed by atoms with Crippen molar-refractivity contribution in [1.82, 2.24) is 9.78 Å². The summed E-state index contributed by atoms with van der Waals surface area (Å²) in [6.45, 7) is 0.618. The molecular weight excluding hydrogens is 202 g/mol. The third kappa shape index (κ3) is 1.36. The first-order chi connectivity index (χ1) is 7.15. The molecule has 2 heterocycles. The average Bonchev–Trinajstić information content (AvgIpc) is 2.73. The van der Waals surface area contributed by atoms with Crippen LogP contribution in [0.15, 0.2) is 0 Å². The van der Waals surface area contributed by atoms with E-state index in [2.05, 4.69) is 9.84 Å². The van der Waals surface area contributed by atoms with Gasteiger partial charge in [-0.2, -0.15) is 5.10 Å². The highest BCUT2D eigenvalue weighted by atomic mass is 16.6. The number of aryl methyl sites for hydroxylation is 1. The van der Waals surface area contributed by atoms with Crippen LogP contribution in [0.25, 0.3) is 0 Å². The number of fused-ring (bicyclic) bond motifs is 1. The number of methoxy groups -OCH3 is 1. The highest BCUT2D eigenvalue weighted by molar-refractivity contribution is 5.92. The van der Waals surface area contributed by atoms with Gasteiger partial charge in [0.15, 0.2) is 0 Å². The Morgan fingerprint density at radius 1 is 1.67 bits per heavy atom. The normalized spacial score (nSPS) is 13.7. The number of aromatic nitrogens is 2. The third-order valence-electron chi connectivity index (χ3n) is 2.37. The van der Waals surface area contributed by atoms with E-state index in [4.69, 9.17) is 0 Å². The van der Waals surface area contributed by atoms with Crippen LogP contribution < -0.4 is 0 Å². The Balaban J connectivity index is 2.56. The maximum absolute atomic E-state index is 11.2. The van der Waals surface area contributed by atoms with E-state index in [1.807, 2.05) is 0 Å². The molecular formula is C8H9N3O4. The Bertz CT molecular complexity index is 437. The van der Waals surface area contributed by atoms with Gasteiger partial charge in [-0.1, -0.05) is 0 Å². The number of nitro groups is 1. The summed E-state index contributed by atoms with van der Waals surface area (Å²) in [7, 11) is 1.18. The lowest BCUT2D eigenvalue weighted by Gasteiger charge is -1.94. The number of carbonyl (C=O) groups excluding carboxylic acids is 1. The molecule has 15 heavy (non-hydrogen) atoms. The Morgan fingerprint density at radius 2 is 2.40 bits per heavy atom. The van der Waals surface area contributed by atoms with Crippen LogP contribution >= 0.6 is 0 Å². The van der Waals surface area contributed by atoms with Gasteiger partial charge in [0, 0.05) is 6.54 Å². The molecule has 0 aliphatic carbocycles. The fraction of sp³-hybridized carbons (Fsp3) is 0.500. The quantitative estimate of drug-likeness (QED) is 0.404. The smallest absolute Gasteiger partial charge is 0.365 e. The van der Waals surface area contributed by atoms with Crippen LogP contribution in [-0.2, 0) is 17.7 Å². The molecule has 0 fully saturated rings. The van der Waals surface area contributed by atoms with Crippen LogP contribution in [0.2, 0.25) is 0 Å². The topological polar surface area (TPSA) is 87.3 Å². The van der Waals surface area contributed by atoms with Crippen LogP contribution in [0.5, 0.6) is 0 Å². The first-order valence-electron chi connectivity index (χ1n) is 4.47. The highest BCUT2D eigenvalue weighted by Gasteiger charge is 2.34. The molecule has 0 amide bonds. The molecule has 0 unspecified atom stereocenters. The van der Waals surface area contributed by atoms with Crippen molar-refractivity contribution in [1.29, 1.82) is 0 Å². The van der Waals surface area contributed by atoms with Gasteiger partial charge in [-0.3, -0.25) is 14.8 Å². The molecule has 1 aromatic heterocycles. The van der Waals surface area contributed by atoms with E-state index in [0.29, 0.717) is 18.7 Å². The van der Waals surface area contributed by atoms with E-state index in [9.17, 15) is 14.9 Å². The predicted octanol–water partition coefficient (Wildman–Crippen LogP) is 0.524. The lowest BCUT2D eigenvalue weighted by Crippen LogP contribution is -2.06. The summed E-state index contributed by atoms with van der Waals surface area (Å²) in [5.74, 6) is -0.761. The van der Waals surface area contributed by atoms with Crippen molar-refractivity contribution in [2.45, 2.75) is 19.4 Å². The number of carbonyl (C=O) groups is 1. The van der Waals surface area contributed by atoms with Gasteiger partial charge < -0.3 is 4.74 Å². The molecule has 80 valence electrons. The summed E-state index contributed by atoms with van der Waals surface area (Å²) in [5, 5.41) is 14.7. The monoisotopic (exact) mass is 211 g/mol. The van der Waals surface area contributed by atoms with E-state index in [1.165, 1.54) is 11.8 Å². The Morgan fingerprint density at radius 3 is 3.00 bits per heavy atom. The number of nitrogens with zero attached hydrogens (tertiary/aromatic N) is 3. The number of esters is 1. The predicted molar refractivity (Wildman–Crippen MR) is 48.5 cm³/mol. The number of hydrogen-bond donors (Lipinski definition) is 0. The van der Waals surface area contributed by atoms with Gasteiger partial charge in [0.25, 0.3) is 0 Å².